The highest BCUT2D eigenvalue weighted by molar-refractivity contribution is 7.51. The number of rotatable bonds is 3. The lowest BCUT2D eigenvalue weighted by Crippen LogP contribution is -1.85. The quantitative estimate of drug-likeness (QED) is 0.419. The van der Waals surface area contributed by atoms with Crippen molar-refractivity contribution in [1.82, 2.24) is 0 Å². The molecule has 0 spiro atoms. The summed E-state index contributed by atoms with van der Waals surface area (Å²) in [6.07, 6.45) is 0.743. The van der Waals surface area contributed by atoms with E-state index in [1.807, 2.05) is 0 Å². The van der Waals surface area contributed by atoms with Crippen molar-refractivity contribution in [2.45, 2.75) is 12.5 Å². The van der Waals surface area contributed by atoms with Crippen LogP contribution in [0.2, 0.25) is 6.04 Å². The molecule has 0 aromatic carbocycles. The molecule has 0 atom stereocenters. The zero-order chi connectivity index (χ0) is 6.62. The van der Waals surface area contributed by atoms with Crippen LogP contribution in [0.5, 0.6) is 0 Å². The van der Waals surface area contributed by atoms with E-state index in [9.17, 15) is 4.57 Å². The molecule has 0 heterocycles. The van der Waals surface area contributed by atoms with E-state index < -0.39 is 7.60 Å². The molecule has 5 heteroatoms. The first-order chi connectivity index (χ1) is 3.56. The Labute approximate surface area is 51.7 Å². The highest BCUT2D eigenvalue weighted by Crippen LogP contribution is 2.34. The summed E-state index contributed by atoms with van der Waals surface area (Å²) in [5, 5.41) is 0. The summed E-state index contributed by atoms with van der Waals surface area (Å²) in [5.41, 5.74) is 0. The van der Waals surface area contributed by atoms with Crippen LogP contribution in [0.1, 0.15) is 6.42 Å². The Balaban J connectivity index is 3.26. The van der Waals surface area contributed by atoms with Gasteiger partial charge in [-0.2, -0.15) is 0 Å². The molecule has 3 nitrogen and oxygen atoms in total. The van der Waals surface area contributed by atoms with E-state index in [4.69, 9.17) is 9.79 Å². The maximum atomic E-state index is 10.1. The van der Waals surface area contributed by atoms with Crippen LogP contribution in [0.15, 0.2) is 0 Å². The second kappa shape index (κ2) is 3.40. The lowest BCUT2D eigenvalue weighted by atomic mass is 10.6. The monoisotopic (exact) mass is 154 g/mol. The van der Waals surface area contributed by atoms with Gasteiger partial charge in [0.15, 0.2) is 0 Å². The van der Waals surface area contributed by atoms with Crippen LogP contribution in [-0.2, 0) is 4.57 Å². The van der Waals surface area contributed by atoms with E-state index in [1.54, 1.807) is 0 Å². The van der Waals surface area contributed by atoms with Gasteiger partial charge in [-0.05, 0) is 6.42 Å². The molecule has 0 aliphatic carbocycles. The normalized spacial score (nSPS) is 12.2. The molecular weight excluding hydrogens is 143 g/mol. The van der Waals surface area contributed by atoms with E-state index in [0.29, 0.717) is 6.42 Å². The van der Waals surface area contributed by atoms with Gasteiger partial charge in [-0.3, -0.25) is 4.57 Å². The van der Waals surface area contributed by atoms with Gasteiger partial charge >= 0.3 is 7.60 Å². The Morgan fingerprint density at radius 3 is 2.12 bits per heavy atom. The molecule has 0 aliphatic heterocycles. The van der Waals surface area contributed by atoms with Gasteiger partial charge in [-0.1, -0.05) is 6.04 Å². The predicted octanol–water partition coefficient (Wildman–Crippen LogP) is -0.662. The standard InChI is InChI=1S/C3H11O3PSi/c4-7(5,6)2-1-3-8/h1-3H2,8H3,(H2,4,5,6). The summed E-state index contributed by atoms with van der Waals surface area (Å²) in [4.78, 5) is 16.6. The third kappa shape index (κ3) is 6.37. The first-order valence-electron chi connectivity index (χ1n) is 2.61. The summed E-state index contributed by atoms with van der Waals surface area (Å²) in [6, 6.07) is 0.977. The van der Waals surface area contributed by atoms with E-state index in [1.165, 1.54) is 0 Å². The Morgan fingerprint density at radius 1 is 1.50 bits per heavy atom. The molecule has 8 heavy (non-hydrogen) atoms. The molecule has 0 amide bonds. The molecule has 0 aliphatic rings. The SMILES string of the molecule is O=P(O)(O)CCC[SiH3]. The molecule has 0 fully saturated rings. The largest absolute Gasteiger partial charge is 0.325 e. The fraction of sp³-hybridized carbons (Fsp3) is 1.00. The van der Waals surface area contributed by atoms with Crippen molar-refractivity contribution >= 4 is 17.8 Å². The van der Waals surface area contributed by atoms with Crippen molar-refractivity contribution in [2.75, 3.05) is 6.16 Å². The Bertz CT molecular complexity index is 98.7. The van der Waals surface area contributed by atoms with Crippen LogP contribution >= 0.6 is 7.60 Å². The molecule has 0 saturated carbocycles. The first kappa shape index (κ1) is 8.37. The molecule has 0 saturated heterocycles. The number of hydrogen-bond acceptors (Lipinski definition) is 1. The Morgan fingerprint density at radius 2 is 2.00 bits per heavy atom. The van der Waals surface area contributed by atoms with Gasteiger partial charge in [-0.15, -0.1) is 0 Å². The molecule has 2 N–H and O–H groups in total. The van der Waals surface area contributed by atoms with Crippen molar-refractivity contribution in [1.29, 1.82) is 0 Å². The minimum atomic E-state index is -3.66. The van der Waals surface area contributed by atoms with Crippen LogP contribution in [0, 0.1) is 0 Å². The van der Waals surface area contributed by atoms with E-state index in [2.05, 4.69) is 0 Å². The van der Waals surface area contributed by atoms with Crippen LogP contribution < -0.4 is 0 Å². The van der Waals surface area contributed by atoms with Crippen LogP contribution in [0.4, 0.5) is 0 Å². The van der Waals surface area contributed by atoms with Crippen LogP contribution in [0.25, 0.3) is 0 Å². The van der Waals surface area contributed by atoms with Crippen molar-refractivity contribution in [3.05, 3.63) is 0 Å². The summed E-state index contributed by atoms with van der Waals surface area (Å²) < 4.78 is 10.1. The van der Waals surface area contributed by atoms with Crippen LogP contribution in [0.3, 0.4) is 0 Å². The van der Waals surface area contributed by atoms with Crippen molar-refractivity contribution in [3.8, 4) is 0 Å². The molecule has 0 rings (SSSR count). The second-order valence-corrected chi connectivity index (χ2v) is 4.52. The molecular formula is C3H11O3PSi. The average Bonchev–Trinajstić information content (AvgIpc) is 1.59. The molecule has 50 valence electrons. The fourth-order valence-electron chi connectivity index (χ4n) is 0.364. The molecule has 0 aromatic rings. The Kier molecular flexibility index (Phi) is 3.56. The van der Waals surface area contributed by atoms with E-state index in [-0.39, 0.29) is 6.16 Å². The van der Waals surface area contributed by atoms with E-state index in [0.717, 1.165) is 16.3 Å². The fourth-order valence-corrected chi connectivity index (χ4v) is 2.04. The molecule has 0 unspecified atom stereocenters. The summed E-state index contributed by atoms with van der Waals surface area (Å²) >= 11 is 0. The maximum Gasteiger partial charge on any atom is 0.325 e. The van der Waals surface area contributed by atoms with Crippen molar-refractivity contribution in [3.63, 3.8) is 0 Å². The maximum absolute atomic E-state index is 10.1. The summed E-state index contributed by atoms with van der Waals surface area (Å²) in [6.45, 7) is 0. The minimum Gasteiger partial charge on any atom is -0.324 e. The van der Waals surface area contributed by atoms with Crippen molar-refractivity contribution in [2.24, 2.45) is 0 Å². The predicted molar refractivity (Wildman–Crippen MR) is 36.3 cm³/mol. The van der Waals surface area contributed by atoms with Gasteiger partial charge in [0.1, 0.15) is 0 Å². The summed E-state index contributed by atoms with van der Waals surface area (Å²) in [7, 11) is -2.62. The van der Waals surface area contributed by atoms with E-state index >= 15 is 0 Å². The highest BCUT2D eigenvalue weighted by Gasteiger charge is 2.09. The van der Waals surface area contributed by atoms with Gasteiger partial charge in [0.25, 0.3) is 0 Å². The second-order valence-electron chi connectivity index (χ2n) is 1.74. The third-order valence-corrected chi connectivity index (χ3v) is 2.41. The lowest BCUT2D eigenvalue weighted by molar-refractivity contribution is 0.372. The third-order valence-electron chi connectivity index (χ3n) is 0.803. The molecule has 0 radical (unpaired) electrons. The Hall–Kier alpha value is 0.367. The van der Waals surface area contributed by atoms with Gasteiger partial charge in [0.2, 0.25) is 0 Å². The highest BCUT2D eigenvalue weighted by atomic mass is 31.2. The van der Waals surface area contributed by atoms with Crippen molar-refractivity contribution < 1.29 is 14.4 Å². The lowest BCUT2D eigenvalue weighted by Gasteiger charge is -1.98. The zero-order valence-electron chi connectivity index (χ0n) is 4.87. The molecule has 0 aromatic heterocycles. The van der Waals surface area contributed by atoms with Crippen LogP contribution in [-0.4, -0.2) is 26.2 Å². The minimum absolute atomic E-state index is 0.0660. The van der Waals surface area contributed by atoms with Gasteiger partial charge in [0.05, 0.1) is 0 Å². The smallest absolute Gasteiger partial charge is 0.324 e. The van der Waals surface area contributed by atoms with Gasteiger partial charge in [-0.25, -0.2) is 0 Å². The van der Waals surface area contributed by atoms with Gasteiger partial charge in [0, 0.05) is 16.4 Å². The average molecular weight is 154 g/mol. The molecule has 0 bridgehead atoms. The topological polar surface area (TPSA) is 57.5 Å². The number of hydrogen-bond donors (Lipinski definition) is 2. The first-order valence-corrected chi connectivity index (χ1v) is 5.82. The summed E-state index contributed by atoms with van der Waals surface area (Å²) in [5.74, 6) is 0. The zero-order valence-corrected chi connectivity index (χ0v) is 7.77. The van der Waals surface area contributed by atoms with Gasteiger partial charge < -0.3 is 9.79 Å².